The van der Waals surface area contributed by atoms with Crippen LogP contribution in [0.4, 0.5) is 0 Å². The van der Waals surface area contributed by atoms with E-state index in [2.05, 4.69) is 32.9 Å². The van der Waals surface area contributed by atoms with Crippen LogP contribution < -0.4 is 9.47 Å². The number of carboxylic acids is 1. The molecule has 164 valence electrons. The molecule has 5 heteroatoms. The van der Waals surface area contributed by atoms with Crippen LogP contribution in [-0.2, 0) is 11.3 Å². The van der Waals surface area contributed by atoms with E-state index in [9.17, 15) is 4.79 Å². The lowest BCUT2D eigenvalue weighted by molar-refractivity contribution is -0.0935. The molecule has 0 radical (unpaired) electrons. The summed E-state index contributed by atoms with van der Waals surface area (Å²) in [6.07, 6.45) is 2.43. The van der Waals surface area contributed by atoms with Gasteiger partial charge in [0.25, 0.3) is 0 Å². The zero-order valence-electron chi connectivity index (χ0n) is 18.5. The molecule has 1 fully saturated rings. The molecule has 1 aliphatic heterocycles. The molecule has 2 bridgehead atoms. The largest absolute Gasteiger partial charge is 0.493 e. The summed E-state index contributed by atoms with van der Waals surface area (Å²) in [5.74, 6) is 2.47. The standard InChI is InChI=1S/C26H30O5/c1-15-11-16(2)24-17(3)21(15)14-31-25(24)20-9-10-22(23(12-20)29-4)30-13-18-5-7-19(8-6-18)26(27)28/h5-12,15,17,21,24-25H,13-14H2,1-4H3,(H,27,28)/t15-,17-,21-,24-,25-/m1/s1. The minimum absolute atomic E-state index is 0.0153. The number of rotatable bonds is 6. The normalized spacial score (nSPS) is 27.4. The number of hydrogen-bond acceptors (Lipinski definition) is 4. The summed E-state index contributed by atoms with van der Waals surface area (Å²) >= 11 is 0. The number of carbonyl (C=O) groups is 1. The fourth-order valence-electron chi connectivity index (χ4n) is 5.13. The number of methoxy groups -OCH3 is 1. The molecular formula is C26H30O5. The third-order valence-electron chi connectivity index (χ3n) is 6.87. The molecule has 2 aromatic rings. The van der Waals surface area contributed by atoms with Gasteiger partial charge in [0.15, 0.2) is 11.5 Å². The third-order valence-corrected chi connectivity index (χ3v) is 6.87. The molecule has 5 nitrogen and oxygen atoms in total. The van der Waals surface area contributed by atoms with Gasteiger partial charge in [-0.05, 0) is 60.1 Å². The van der Waals surface area contributed by atoms with E-state index in [1.807, 2.05) is 12.1 Å². The summed E-state index contributed by atoms with van der Waals surface area (Å²) in [6.45, 7) is 7.97. The van der Waals surface area contributed by atoms with E-state index in [1.54, 1.807) is 31.4 Å². The summed E-state index contributed by atoms with van der Waals surface area (Å²) in [6, 6.07) is 12.7. The molecule has 0 amide bonds. The van der Waals surface area contributed by atoms with Gasteiger partial charge in [0, 0.05) is 5.92 Å². The molecule has 1 N–H and O–H groups in total. The monoisotopic (exact) mass is 422 g/mol. The van der Waals surface area contributed by atoms with Crippen molar-refractivity contribution in [1.29, 1.82) is 0 Å². The number of allylic oxidation sites excluding steroid dienone is 1. The molecule has 31 heavy (non-hydrogen) atoms. The van der Waals surface area contributed by atoms with Crippen LogP contribution in [-0.4, -0.2) is 24.8 Å². The average molecular weight is 423 g/mol. The van der Waals surface area contributed by atoms with Crippen molar-refractivity contribution in [2.75, 3.05) is 13.7 Å². The van der Waals surface area contributed by atoms with Crippen LogP contribution in [0.3, 0.4) is 0 Å². The summed E-state index contributed by atoms with van der Waals surface area (Å²) in [5, 5.41) is 9.02. The first-order valence-electron chi connectivity index (χ1n) is 10.8. The van der Waals surface area contributed by atoms with Gasteiger partial charge >= 0.3 is 5.97 Å². The van der Waals surface area contributed by atoms with E-state index in [0.29, 0.717) is 41.8 Å². The second-order valence-electron chi connectivity index (χ2n) is 8.77. The second-order valence-corrected chi connectivity index (χ2v) is 8.77. The van der Waals surface area contributed by atoms with Crippen molar-refractivity contribution < 1.29 is 24.1 Å². The highest BCUT2D eigenvalue weighted by Crippen LogP contribution is 2.50. The maximum atomic E-state index is 11.0. The second kappa shape index (κ2) is 8.75. The van der Waals surface area contributed by atoms with Gasteiger partial charge < -0.3 is 19.3 Å². The zero-order valence-corrected chi connectivity index (χ0v) is 18.5. The molecule has 5 atom stereocenters. The van der Waals surface area contributed by atoms with E-state index >= 15 is 0 Å². The van der Waals surface area contributed by atoms with E-state index < -0.39 is 5.97 Å². The van der Waals surface area contributed by atoms with Crippen LogP contribution in [0.2, 0.25) is 0 Å². The molecule has 4 rings (SSSR count). The van der Waals surface area contributed by atoms with Crippen LogP contribution >= 0.6 is 0 Å². The Balaban J connectivity index is 1.52. The van der Waals surface area contributed by atoms with Crippen LogP contribution in [0.5, 0.6) is 11.5 Å². The van der Waals surface area contributed by atoms with Crippen LogP contribution in [0.1, 0.15) is 48.4 Å². The highest BCUT2D eigenvalue weighted by molar-refractivity contribution is 5.87. The fourth-order valence-corrected chi connectivity index (χ4v) is 5.13. The number of benzene rings is 2. The van der Waals surface area contributed by atoms with E-state index in [4.69, 9.17) is 19.3 Å². The zero-order chi connectivity index (χ0) is 22.1. The Morgan fingerprint density at radius 1 is 1.13 bits per heavy atom. The van der Waals surface area contributed by atoms with Gasteiger partial charge in [0.05, 0.1) is 25.4 Å². The third kappa shape index (κ3) is 4.19. The first-order valence-corrected chi connectivity index (χ1v) is 10.8. The molecule has 2 aromatic carbocycles. The Morgan fingerprint density at radius 3 is 2.55 bits per heavy atom. The van der Waals surface area contributed by atoms with Gasteiger partial charge in [0.1, 0.15) is 6.61 Å². The minimum atomic E-state index is -0.937. The van der Waals surface area contributed by atoms with Gasteiger partial charge in [-0.1, -0.05) is 43.7 Å². The summed E-state index contributed by atoms with van der Waals surface area (Å²) in [5.41, 5.74) is 3.66. The lowest BCUT2D eigenvalue weighted by Crippen LogP contribution is -2.42. The van der Waals surface area contributed by atoms with E-state index in [1.165, 1.54) is 5.57 Å². The molecule has 0 saturated carbocycles. The maximum Gasteiger partial charge on any atom is 0.335 e. The quantitative estimate of drug-likeness (QED) is 0.622. The lowest BCUT2D eigenvalue weighted by Gasteiger charge is -2.47. The molecule has 1 aliphatic carbocycles. The predicted octanol–water partition coefficient (Wildman–Crippen LogP) is 5.51. The Labute approximate surface area is 183 Å². The van der Waals surface area contributed by atoms with E-state index in [0.717, 1.165) is 17.7 Å². The lowest BCUT2D eigenvalue weighted by atomic mass is 9.64. The topological polar surface area (TPSA) is 65.0 Å². The number of hydrogen-bond donors (Lipinski definition) is 1. The Bertz CT molecular complexity index is 978. The Morgan fingerprint density at radius 2 is 1.87 bits per heavy atom. The van der Waals surface area contributed by atoms with Gasteiger partial charge in [-0.25, -0.2) is 4.79 Å². The SMILES string of the molecule is COc1cc([C@H]2OC[C@H]3[C@@H](C)[C@H]2C(C)=C[C@H]3C)ccc1OCc1ccc(C(=O)O)cc1. The highest BCUT2D eigenvalue weighted by Gasteiger charge is 2.43. The van der Waals surface area contributed by atoms with Crippen molar-refractivity contribution in [3.05, 3.63) is 70.8 Å². The summed E-state index contributed by atoms with van der Waals surface area (Å²) in [4.78, 5) is 11.0. The minimum Gasteiger partial charge on any atom is -0.493 e. The summed E-state index contributed by atoms with van der Waals surface area (Å²) < 4.78 is 17.9. The predicted molar refractivity (Wildman–Crippen MR) is 118 cm³/mol. The Kier molecular flexibility index (Phi) is 6.05. The van der Waals surface area contributed by atoms with Crippen LogP contribution in [0.15, 0.2) is 54.1 Å². The van der Waals surface area contributed by atoms with E-state index in [-0.39, 0.29) is 11.7 Å². The number of aromatic carboxylic acids is 1. The molecule has 0 unspecified atom stereocenters. The number of carboxylic acid groups (broad SMARTS) is 1. The molecule has 1 heterocycles. The van der Waals surface area contributed by atoms with Crippen molar-refractivity contribution in [3.8, 4) is 11.5 Å². The number of fused-ring (bicyclic) bond motifs is 2. The van der Waals surface area contributed by atoms with Crippen molar-refractivity contribution >= 4 is 5.97 Å². The summed E-state index contributed by atoms with van der Waals surface area (Å²) in [7, 11) is 1.64. The smallest absolute Gasteiger partial charge is 0.335 e. The Hall–Kier alpha value is -2.79. The van der Waals surface area contributed by atoms with Crippen molar-refractivity contribution in [2.45, 2.75) is 33.5 Å². The molecule has 2 aliphatic rings. The number of ether oxygens (including phenoxy) is 3. The van der Waals surface area contributed by atoms with Crippen LogP contribution in [0, 0.1) is 23.7 Å². The first-order chi connectivity index (χ1) is 14.9. The first kappa shape index (κ1) is 21.4. The maximum absolute atomic E-state index is 11.0. The van der Waals surface area contributed by atoms with Crippen molar-refractivity contribution in [2.24, 2.45) is 23.7 Å². The average Bonchev–Trinajstić information content (AvgIpc) is 2.76. The van der Waals surface area contributed by atoms with Gasteiger partial charge in [-0.3, -0.25) is 0 Å². The fraction of sp³-hybridized carbons (Fsp3) is 0.423. The molecular weight excluding hydrogens is 392 g/mol. The molecule has 0 spiro atoms. The highest BCUT2D eigenvalue weighted by atomic mass is 16.5. The van der Waals surface area contributed by atoms with Gasteiger partial charge in [0.2, 0.25) is 0 Å². The van der Waals surface area contributed by atoms with Gasteiger partial charge in [-0.15, -0.1) is 0 Å². The van der Waals surface area contributed by atoms with Crippen molar-refractivity contribution in [3.63, 3.8) is 0 Å². The van der Waals surface area contributed by atoms with Crippen molar-refractivity contribution in [1.82, 2.24) is 0 Å². The molecule has 0 aromatic heterocycles. The van der Waals surface area contributed by atoms with Crippen LogP contribution in [0.25, 0.3) is 0 Å². The molecule has 1 saturated heterocycles. The van der Waals surface area contributed by atoms with Gasteiger partial charge in [-0.2, -0.15) is 0 Å².